The number of hydrogen-bond acceptors (Lipinski definition) is 17. The number of nitrogens with two attached hydrogens (primary N) is 4. The number of carbonyl (C=O) groups is 6. The van der Waals surface area contributed by atoms with Gasteiger partial charge in [-0.25, -0.2) is 4.79 Å². The van der Waals surface area contributed by atoms with E-state index in [4.69, 9.17) is 60.8 Å². The molecule has 0 radical (unpaired) electrons. The Hall–Kier alpha value is -8.76. The van der Waals surface area contributed by atoms with Crippen molar-refractivity contribution in [1.82, 2.24) is 21.3 Å². The summed E-state index contributed by atoms with van der Waals surface area (Å²) in [4.78, 5) is 81.6. The molecule has 0 fully saturated rings. The van der Waals surface area contributed by atoms with E-state index >= 15 is 0 Å². The number of carboxylic acid groups (broad SMARTS) is 1. The molecule has 3 atom stereocenters. The molecule has 1 aliphatic rings. The molecule has 0 spiro atoms. The summed E-state index contributed by atoms with van der Waals surface area (Å²) in [6, 6.07) is 23.6. The SMILES string of the molecule is CC(=O)N[C@@H](CCCN=C(N)N)C(=O)Nc1ccc2c(c1)OCCOCCOCCOc1cc(NC(=O)[C@H](CCCN=C(N)N)NC(C)=O)ccc1OCCOCCOCCO2.CC(C)(C)c1cc(CNCCCCC(=O)N[C@@H](Cc2ccccc2)C(=O)O)cc(C(C)(C)C)c1. The van der Waals surface area contributed by atoms with E-state index in [2.05, 4.69) is 102 Å². The Balaban J connectivity index is 0.000000484. The van der Waals surface area contributed by atoms with Gasteiger partial charge in [-0.05, 0) is 102 Å². The third-order valence-corrected chi connectivity index (χ3v) is 14.4. The van der Waals surface area contributed by atoms with Crippen LogP contribution < -0.4 is 73.8 Å². The Kier molecular flexibility index (Phi) is 36.0. The zero-order valence-corrected chi connectivity index (χ0v) is 57.2. The van der Waals surface area contributed by atoms with Gasteiger partial charge in [0.2, 0.25) is 29.5 Å². The van der Waals surface area contributed by atoms with E-state index in [0.29, 0.717) is 99.2 Å². The lowest BCUT2D eigenvalue weighted by molar-refractivity contribution is -0.141. The van der Waals surface area contributed by atoms with Crippen molar-refractivity contribution in [3.05, 3.63) is 107 Å². The summed E-state index contributed by atoms with van der Waals surface area (Å²) in [7, 11) is 0. The number of ether oxygens (including phenoxy) is 8. The zero-order valence-electron chi connectivity index (χ0n) is 57.2. The predicted octanol–water partition coefficient (Wildman–Crippen LogP) is 5.33. The lowest BCUT2D eigenvalue weighted by atomic mass is 9.79. The summed E-state index contributed by atoms with van der Waals surface area (Å²) in [5, 5.41) is 26.6. The number of hydrogen-bond donors (Lipinski definition) is 11. The molecule has 96 heavy (non-hydrogen) atoms. The lowest BCUT2D eigenvalue weighted by Crippen LogP contribution is -2.43. The highest BCUT2D eigenvalue weighted by molar-refractivity contribution is 5.98. The molecule has 530 valence electrons. The fourth-order valence-electron chi connectivity index (χ4n) is 9.36. The van der Waals surface area contributed by atoms with E-state index in [9.17, 15) is 33.9 Å². The zero-order chi connectivity index (χ0) is 70.3. The number of aliphatic imine (C=N–C) groups is 2. The second-order valence-electron chi connectivity index (χ2n) is 24.7. The molecule has 1 aliphatic heterocycles. The van der Waals surface area contributed by atoms with Crippen molar-refractivity contribution in [3.63, 3.8) is 0 Å². The maximum Gasteiger partial charge on any atom is 0.326 e. The molecule has 0 aromatic heterocycles. The van der Waals surface area contributed by atoms with Crippen molar-refractivity contribution in [3.8, 4) is 23.0 Å². The van der Waals surface area contributed by atoms with Gasteiger partial charge in [0.25, 0.3) is 0 Å². The first-order valence-electron chi connectivity index (χ1n) is 32.6. The van der Waals surface area contributed by atoms with Crippen molar-refractivity contribution in [2.24, 2.45) is 32.9 Å². The van der Waals surface area contributed by atoms with Crippen LogP contribution >= 0.6 is 0 Å². The topological polar surface area (TPSA) is 397 Å². The van der Waals surface area contributed by atoms with E-state index in [1.807, 2.05) is 30.3 Å². The van der Waals surface area contributed by atoms with Gasteiger partial charge in [0.15, 0.2) is 34.9 Å². The van der Waals surface area contributed by atoms with E-state index in [-0.39, 0.29) is 113 Å². The molecule has 4 aromatic rings. The fourth-order valence-corrected chi connectivity index (χ4v) is 9.36. The van der Waals surface area contributed by atoms with Crippen LogP contribution in [-0.4, -0.2) is 170 Å². The second kappa shape index (κ2) is 43.3. The molecule has 0 saturated heterocycles. The standard InChI is InChI=1S/C40H62N10O12.C29H42N2O3/c1-27(51)47-31(5-3-11-45-39(41)42)37(53)49-29-7-9-33-35(25-29)61-23-19-57-15-16-58-20-24-62-36-26-30(8-10-34(36)60-22-18-56-14-13-55-17-21-59-33)50-38(54)32(48-28(2)52)6-4-12-46-40(43)44;1-28(2,3)23-16-22(17-24(19-23)29(4,5)6)20-30-15-11-10-14-26(32)31-25(27(33)34)18-21-12-8-7-9-13-21/h7-10,25-26,31-32H,3-6,11-24H2,1-2H3,(H,47,51)(H,48,52)(H,49,53)(H,50,54)(H4,41,42,45)(H4,43,44,46);7-9,12-13,16-17,19,25,30H,10-11,14-15,18,20H2,1-6H3,(H,31,32)(H,33,34)/t31-,32-;25-/m00/s1. The van der Waals surface area contributed by atoms with E-state index in [1.54, 1.807) is 36.4 Å². The number of carboxylic acids is 1. The van der Waals surface area contributed by atoms with Gasteiger partial charge in [0, 0.05) is 69.8 Å². The molecule has 0 unspecified atom stereocenters. The molecule has 27 nitrogen and oxygen atoms in total. The minimum absolute atomic E-state index is 0.0537. The maximum atomic E-state index is 13.2. The van der Waals surface area contributed by atoms with E-state index < -0.39 is 35.9 Å². The first kappa shape index (κ1) is 79.7. The van der Waals surface area contributed by atoms with E-state index in [0.717, 1.165) is 25.1 Å². The number of rotatable bonds is 25. The molecule has 4 aromatic carbocycles. The van der Waals surface area contributed by atoms with Gasteiger partial charge >= 0.3 is 5.97 Å². The first-order chi connectivity index (χ1) is 45.8. The normalized spacial score (nSPS) is 14.6. The summed E-state index contributed by atoms with van der Waals surface area (Å²) in [5.41, 5.74) is 27.4. The minimum Gasteiger partial charge on any atom is -0.487 e. The van der Waals surface area contributed by atoms with Gasteiger partial charge < -0.3 is 97.8 Å². The monoisotopic (exact) mass is 1340 g/mol. The highest BCUT2D eigenvalue weighted by atomic mass is 16.6. The van der Waals surface area contributed by atoms with Crippen molar-refractivity contribution < 1.29 is 71.8 Å². The highest BCUT2D eigenvalue weighted by Crippen LogP contribution is 2.33. The van der Waals surface area contributed by atoms with E-state index in [1.165, 1.54) is 30.5 Å². The van der Waals surface area contributed by atoms with Crippen molar-refractivity contribution >= 4 is 58.8 Å². The Morgan fingerprint density at radius 3 is 1.30 bits per heavy atom. The Labute approximate surface area is 564 Å². The number of fused-ring (bicyclic) bond motifs is 2. The number of aliphatic carboxylic acids is 1. The lowest BCUT2D eigenvalue weighted by Gasteiger charge is -2.26. The van der Waals surface area contributed by atoms with Gasteiger partial charge in [-0.3, -0.25) is 34.0 Å². The van der Waals surface area contributed by atoms with Gasteiger partial charge in [-0.1, -0.05) is 90.1 Å². The first-order valence-corrected chi connectivity index (χ1v) is 32.6. The number of amides is 5. The molecule has 1 heterocycles. The average molecular weight is 1340 g/mol. The third-order valence-electron chi connectivity index (χ3n) is 14.4. The maximum absolute atomic E-state index is 13.2. The largest absolute Gasteiger partial charge is 0.487 e. The molecule has 0 saturated carbocycles. The molecule has 0 aliphatic carbocycles. The quantitative estimate of drug-likeness (QED) is 0.0227. The van der Waals surface area contributed by atoms with Gasteiger partial charge in [0.05, 0.1) is 52.9 Å². The molecule has 5 rings (SSSR count). The van der Waals surface area contributed by atoms with Crippen molar-refractivity contribution in [2.75, 3.05) is 110 Å². The van der Waals surface area contributed by atoms with Crippen LogP contribution in [0.15, 0.2) is 94.9 Å². The summed E-state index contributed by atoms with van der Waals surface area (Å²) in [6.45, 7) is 21.1. The molecular formula is C69H104N12O15. The van der Waals surface area contributed by atoms with Gasteiger partial charge in [0.1, 0.15) is 44.6 Å². The molecule has 27 heteroatoms. The summed E-state index contributed by atoms with van der Waals surface area (Å²) in [6.07, 6.45) is 3.73. The third kappa shape index (κ3) is 33.6. The van der Waals surface area contributed by atoms with Crippen LogP contribution in [-0.2, 0) is 71.5 Å². The van der Waals surface area contributed by atoms with Crippen LogP contribution in [0.2, 0.25) is 0 Å². The molecule has 5 amide bonds. The number of nitrogens with zero attached hydrogens (tertiary/aromatic N) is 2. The number of unbranched alkanes of at least 4 members (excludes halogenated alkanes) is 1. The Morgan fingerprint density at radius 1 is 0.490 bits per heavy atom. The summed E-state index contributed by atoms with van der Waals surface area (Å²) < 4.78 is 46.7. The fraction of sp³-hybridized carbons (Fsp3) is 0.536. The number of guanidine groups is 2. The van der Waals surface area contributed by atoms with Crippen LogP contribution in [0.4, 0.5) is 11.4 Å². The molecule has 0 bridgehead atoms. The van der Waals surface area contributed by atoms with Crippen LogP contribution in [0, 0.1) is 0 Å². The predicted molar refractivity (Wildman–Crippen MR) is 370 cm³/mol. The number of carbonyl (C=O) groups excluding carboxylic acids is 5. The Morgan fingerprint density at radius 2 is 0.906 bits per heavy atom. The Bertz CT molecular complexity index is 2940. The highest BCUT2D eigenvalue weighted by Gasteiger charge is 2.25. The smallest absolute Gasteiger partial charge is 0.326 e. The average Bonchev–Trinajstić information content (AvgIpc) is 0.851. The van der Waals surface area contributed by atoms with Gasteiger partial charge in [-0.2, -0.15) is 0 Å². The second-order valence-corrected chi connectivity index (χ2v) is 24.7. The van der Waals surface area contributed by atoms with Crippen LogP contribution in [0.1, 0.15) is 123 Å². The summed E-state index contributed by atoms with van der Waals surface area (Å²) in [5.74, 6) is -1.33. The van der Waals surface area contributed by atoms with Gasteiger partial charge in [-0.15, -0.1) is 0 Å². The number of nitrogens with one attached hydrogen (secondary N) is 6. The molecular weight excluding hydrogens is 1240 g/mol. The summed E-state index contributed by atoms with van der Waals surface area (Å²) >= 11 is 0. The number of benzene rings is 4. The van der Waals surface area contributed by atoms with Crippen LogP contribution in [0.3, 0.4) is 0 Å². The van der Waals surface area contributed by atoms with Crippen molar-refractivity contribution in [1.29, 1.82) is 0 Å². The van der Waals surface area contributed by atoms with Crippen LogP contribution in [0.25, 0.3) is 0 Å². The van der Waals surface area contributed by atoms with Crippen molar-refractivity contribution in [2.45, 2.75) is 142 Å². The minimum atomic E-state index is -1.01. The molecule has 15 N–H and O–H groups in total. The number of anilines is 2. The van der Waals surface area contributed by atoms with Crippen LogP contribution in [0.5, 0.6) is 23.0 Å².